The molecular weight excluding hydrogens is 466 g/mol. The Morgan fingerprint density at radius 1 is 1.06 bits per heavy atom. The molecule has 2 aromatic rings. The molecule has 1 saturated heterocycles. The van der Waals surface area contributed by atoms with E-state index in [-0.39, 0.29) is 31.1 Å². The van der Waals surface area contributed by atoms with Crippen LogP contribution in [0, 0.1) is 12.8 Å². The predicted molar refractivity (Wildman–Crippen MR) is 132 cm³/mol. The molecule has 1 saturated carbocycles. The van der Waals surface area contributed by atoms with Gasteiger partial charge in [0.15, 0.2) is 11.5 Å². The Hall–Kier alpha value is -2.62. The first-order valence-corrected chi connectivity index (χ1v) is 13.2. The highest BCUT2D eigenvalue weighted by molar-refractivity contribution is 7.10. The molecule has 1 aromatic carbocycles. The number of thiophene rings is 1. The highest BCUT2D eigenvalue weighted by Crippen LogP contribution is 2.33. The molecule has 2 amide bonds. The molecule has 3 aliphatic rings. The van der Waals surface area contributed by atoms with Gasteiger partial charge in [0.1, 0.15) is 0 Å². The second kappa shape index (κ2) is 11.0. The standard InChI is InChI=1S/C26H33N3O5S/c1-19-6-13-35-24(19)16-29(15-20-2-5-22-23(14-20)34-18-33-22)25(30)17-28(26(31)21-3-4-21)8-7-27-9-11-32-12-10-27/h2,5-6,13-14,21H,3-4,7-12,15-18H2,1H3. The number of carbonyl (C=O) groups excluding carboxylic acids is 2. The number of amides is 2. The lowest BCUT2D eigenvalue weighted by molar-refractivity contribution is -0.142. The van der Waals surface area contributed by atoms with Gasteiger partial charge in [0.25, 0.3) is 0 Å². The number of ether oxygens (including phenoxy) is 3. The maximum Gasteiger partial charge on any atom is 0.242 e. The maximum atomic E-state index is 13.7. The van der Waals surface area contributed by atoms with Crippen molar-refractivity contribution in [3.8, 4) is 11.5 Å². The molecule has 5 rings (SSSR count). The zero-order chi connectivity index (χ0) is 24.2. The van der Waals surface area contributed by atoms with Crippen molar-refractivity contribution in [3.63, 3.8) is 0 Å². The third-order valence-electron chi connectivity index (χ3n) is 6.82. The molecule has 0 unspecified atom stereocenters. The minimum atomic E-state index is -0.0357. The molecule has 2 aliphatic heterocycles. The Morgan fingerprint density at radius 3 is 2.60 bits per heavy atom. The number of morpholine rings is 1. The highest BCUT2D eigenvalue weighted by atomic mass is 32.1. The second-order valence-corrected chi connectivity index (χ2v) is 10.5. The number of aryl methyl sites for hydroxylation is 1. The topological polar surface area (TPSA) is 71.6 Å². The van der Waals surface area contributed by atoms with Crippen molar-refractivity contribution in [1.82, 2.24) is 14.7 Å². The second-order valence-electron chi connectivity index (χ2n) is 9.45. The lowest BCUT2D eigenvalue weighted by Crippen LogP contribution is -2.47. The SMILES string of the molecule is Cc1ccsc1CN(Cc1ccc2c(c1)OCO2)C(=O)CN(CCN1CCOCC1)C(=O)C1CC1. The molecule has 1 aliphatic carbocycles. The average Bonchev–Trinajstić information content (AvgIpc) is 3.49. The number of hydrogen-bond donors (Lipinski definition) is 0. The Morgan fingerprint density at radius 2 is 1.86 bits per heavy atom. The maximum absolute atomic E-state index is 13.7. The molecule has 188 valence electrons. The van der Waals surface area contributed by atoms with Gasteiger partial charge in [-0.25, -0.2) is 0 Å². The van der Waals surface area contributed by atoms with E-state index in [0.717, 1.165) is 61.9 Å². The summed E-state index contributed by atoms with van der Waals surface area (Å²) in [5.74, 6) is 1.59. The molecule has 0 bridgehead atoms. The number of rotatable bonds is 10. The summed E-state index contributed by atoms with van der Waals surface area (Å²) in [4.78, 5) is 33.9. The van der Waals surface area contributed by atoms with Crippen LogP contribution in [0.1, 0.15) is 28.8 Å². The van der Waals surface area contributed by atoms with Crippen LogP contribution in [-0.2, 0) is 27.4 Å². The summed E-state index contributed by atoms with van der Waals surface area (Å²) in [6.07, 6.45) is 1.85. The van der Waals surface area contributed by atoms with Gasteiger partial charge >= 0.3 is 0 Å². The van der Waals surface area contributed by atoms with Crippen molar-refractivity contribution in [3.05, 3.63) is 45.6 Å². The zero-order valence-electron chi connectivity index (χ0n) is 20.2. The van der Waals surface area contributed by atoms with Crippen LogP contribution in [0.3, 0.4) is 0 Å². The molecule has 1 aromatic heterocycles. The lowest BCUT2D eigenvalue weighted by Gasteiger charge is -2.31. The monoisotopic (exact) mass is 499 g/mol. The van der Waals surface area contributed by atoms with Gasteiger partial charge in [0, 0.05) is 43.5 Å². The first-order valence-electron chi connectivity index (χ1n) is 12.3. The normalized spacial score (nSPS) is 17.4. The summed E-state index contributed by atoms with van der Waals surface area (Å²) in [5.41, 5.74) is 2.15. The quantitative estimate of drug-likeness (QED) is 0.501. The van der Waals surface area contributed by atoms with Gasteiger partial charge in [-0.05, 0) is 54.5 Å². The van der Waals surface area contributed by atoms with E-state index in [2.05, 4.69) is 23.3 Å². The third-order valence-corrected chi connectivity index (χ3v) is 7.83. The van der Waals surface area contributed by atoms with E-state index in [1.807, 2.05) is 23.1 Å². The Bertz CT molecular complexity index is 1050. The fourth-order valence-corrected chi connectivity index (χ4v) is 5.36. The summed E-state index contributed by atoms with van der Waals surface area (Å²) in [6.45, 7) is 7.87. The fourth-order valence-electron chi connectivity index (χ4n) is 4.44. The van der Waals surface area contributed by atoms with E-state index in [9.17, 15) is 9.59 Å². The van der Waals surface area contributed by atoms with Crippen molar-refractivity contribution >= 4 is 23.2 Å². The van der Waals surface area contributed by atoms with Crippen molar-refractivity contribution in [2.75, 3.05) is 52.7 Å². The van der Waals surface area contributed by atoms with Gasteiger partial charge in [0.05, 0.1) is 26.3 Å². The smallest absolute Gasteiger partial charge is 0.242 e. The highest BCUT2D eigenvalue weighted by Gasteiger charge is 2.35. The summed E-state index contributed by atoms with van der Waals surface area (Å²) < 4.78 is 16.4. The van der Waals surface area contributed by atoms with Crippen LogP contribution in [-0.4, -0.2) is 79.2 Å². The van der Waals surface area contributed by atoms with E-state index in [1.54, 1.807) is 16.2 Å². The Labute approximate surface area is 210 Å². The lowest BCUT2D eigenvalue weighted by atomic mass is 10.1. The molecule has 35 heavy (non-hydrogen) atoms. The van der Waals surface area contributed by atoms with Crippen LogP contribution in [0.5, 0.6) is 11.5 Å². The van der Waals surface area contributed by atoms with Crippen LogP contribution in [0.15, 0.2) is 29.6 Å². The number of fused-ring (bicyclic) bond motifs is 1. The van der Waals surface area contributed by atoms with Gasteiger partial charge in [-0.1, -0.05) is 6.07 Å². The van der Waals surface area contributed by atoms with E-state index in [1.165, 1.54) is 5.56 Å². The molecule has 9 heteroatoms. The summed E-state index contributed by atoms with van der Waals surface area (Å²) in [5, 5.41) is 2.05. The molecule has 0 atom stereocenters. The van der Waals surface area contributed by atoms with Crippen molar-refractivity contribution in [2.24, 2.45) is 5.92 Å². The van der Waals surface area contributed by atoms with Gasteiger partial charge in [0.2, 0.25) is 18.6 Å². The number of carbonyl (C=O) groups is 2. The molecule has 0 radical (unpaired) electrons. The number of benzene rings is 1. The van der Waals surface area contributed by atoms with E-state index < -0.39 is 0 Å². The molecule has 2 fully saturated rings. The largest absolute Gasteiger partial charge is 0.454 e. The summed E-state index contributed by atoms with van der Waals surface area (Å²) in [6, 6.07) is 7.88. The van der Waals surface area contributed by atoms with Crippen LogP contribution in [0.4, 0.5) is 0 Å². The fraction of sp³-hybridized carbons (Fsp3) is 0.538. The van der Waals surface area contributed by atoms with E-state index in [0.29, 0.717) is 25.4 Å². The molecule has 0 N–H and O–H groups in total. The molecular formula is C26H33N3O5S. The molecule has 8 nitrogen and oxygen atoms in total. The first kappa shape index (κ1) is 24.1. The summed E-state index contributed by atoms with van der Waals surface area (Å²) >= 11 is 1.66. The zero-order valence-corrected chi connectivity index (χ0v) is 21.1. The van der Waals surface area contributed by atoms with Crippen LogP contribution >= 0.6 is 11.3 Å². The van der Waals surface area contributed by atoms with Crippen LogP contribution in [0.2, 0.25) is 0 Å². The van der Waals surface area contributed by atoms with Crippen molar-refractivity contribution < 1.29 is 23.8 Å². The molecule has 0 spiro atoms. The predicted octanol–water partition coefficient (Wildman–Crippen LogP) is 2.88. The van der Waals surface area contributed by atoms with Gasteiger partial charge in [-0.15, -0.1) is 11.3 Å². The minimum absolute atomic E-state index is 0.0357. The molecule has 3 heterocycles. The van der Waals surface area contributed by atoms with Crippen LogP contribution in [0.25, 0.3) is 0 Å². The number of hydrogen-bond acceptors (Lipinski definition) is 7. The Balaban J connectivity index is 1.30. The van der Waals surface area contributed by atoms with Gasteiger partial charge in [-0.2, -0.15) is 0 Å². The van der Waals surface area contributed by atoms with E-state index in [4.69, 9.17) is 14.2 Å². The van der Waals surface area contributed by atoms with Crippen molar-refractivity contribution in [2.45, 2.75) is 32.9 Å². The average molecular weight is 500 g/mol. The van der Waals surface area contributed by atoms with Crippen molar-refractivity contribution in [1.29, 1.82) is 0 Å². The first-order chi connectivity index (χ1) is 17.1. The Kier molecular flexibility index (Phi) is 7.55. The van der Waals surface area contributed by atoms with E-state index >= 15 is 0 Å². The third kappa shape index (κ3) is 6.15. The van der Waals surface area contributed by atoms with Gasteiger partial charge in [-0.3, -0.25) is 14.5 Å². The van der Waals surface area contributed by atoms with Crippen LogP contribution < -0.4 is 9.47 Å². The summed E-state index contributed by atoms with van der Waals surface area (Å²) in [7, 11) is 0. The minimum Gasteiger partial charge on any atom is -0.454 e. The number of nitrogens with zero attached hydrogens (tertiary/aromatic N) is 3. The van der Waals surface area contributed by atoms with Gasteiger partial charge < -0.3 is 24.0 Å².